The Kier molecular flexibility index (Phi) is 1.73. The van der Waals surface area contributed by atoms with Crippen molar-refractivity contribution < 1.29 is 4.42 Å². The summed E-state index contributed by atoms with van der Waals surface area (Å²) in [5, 5.41) is 7.41. The van der Waals surface area contributed by atoms with Gasteiger partial charge in [0.1, 0.15) is 0 Å². The molecule has 4 N–H and O–H groups in total. The standard InChI is InChI=1S/C6H6BrN5O/c7-4-3(1-2-13-4)5-10-11-6(8)12(5)9/h1-2H,9H2,(H2,8,11). The van der Waals surface area contributed by atoms with Gasteiger partial charge in [-0.25, -0.2) is 4.68 Å². The van der Waals surface area contributed by atoms with E-state index in [4.69, 9.17) is 16.0 Å². The zero-order chi connectivity index (χ0) is 9.42. The van der Waals surface area contributed by atoms with Crippen LogP contribution in [0.3, 0.4) is 0 Å². The van der Waals surface area contributed by atoms with Gasteiger partial charge in [-0.05, 0) is 22.0 Å². The molecule has 0 spiro atoms. The molecule has 0 aliphatic heterocycles. The molecule has 2 aromatic heterocycles. The van der Waals surface area contributed by atoms with E-state index in [-0.39, 0.29) is 5.95 Å². The van der Waals surface area contributed by atoms with Gasteiger partial charge in [-0.1, -0.05) is 0 Å². The predicted octanol–water partition coefficient (Wildman–Crippen LogP) is 0.597. The number of hydrogen-bond acceptors (Lipinski definition) is 5. The highest BCUT2D eigenvalue weighted by Gasteiger charge is 2.13. The van der Waals surface area contributed by atoms with E-state index in [1.807, 2.05) is 0 Å². The maximum atomic E-state index is 5.57. The van der Waals surface area contributed by atoms with Gasteiger partial charge in [-0.15, -0.1) is 10.2 Å². The van der Waals surface area contributed by atoms with E-state index in [1.165, 1.54) is 10.9 Å². The van der Waals surface area contributed by atoms with Gasteiger partial charge in [0.2, 0.25) is 5.95 Å². The largest absolute Gasteiger partial charge is 0.457 e. The highest BCUT2D eigenvalue weighted by Crippen LogP contribution is 2.27. The molecule has 2 aromatic rings. The van der Waals surface area contributed by atoms with Crippen molar-refractivity contribution in [1.29, 1.82) is 0 Å². The molecule has 0 aromatic carbocycles. The van der Waals surface area contributed by atoms with Crippen molar-refractivity contribution >= 4 is 21.9 Å². The number of aromatic nitrogens is 3. The lowest BCUT2D eigenvalue weighted by Crippen LogP contribution is -2.13. The van der Waals surface area contributed by atoms with Crippen molar-refractivity contribution in [3.63, 3.8) is 0 Å². The van der Waals surface area contributed by atoms with E-state index in [2.05, 4.69) is 26.1 Å². The maximum Gasteiger partial charge on any atom is 0.241 e. The zero-order valence-corrected chi connectivity index (χ0v) is 8.02. The minimum absolute atomic E-state index is 0.156. The fraction of sp³-hybridized carbons (Fsp3) is 0. The summed E-state index contributed by atoms with van der Waals surface area (Å²) in [7, 11) is 0. The molecule has 68 valence electrons. The summed E-state index contributed by atoms with van der Waals surface area (Å²) in [5.41, 5.74) is 6.13. The highest BCUT2D eigenvalue weighted by molar-refractivity contribution is 9.10. The van der Waals surface area contributed by atoms with Gasteiger partial charge in [-0.3, -0.25) is 0 Å². The van der Waals surface area contributed by atoms with Crippen molar-refractivity contribution in [2.24, 2.45) is 0 Å². The average Bonchev–Trinajstić information content (AvgIpc) is 2.62. The van der Waals surface area contributed by atoms with Gasteiger partial charge in [0.25, 0.3) is 0 Å². The molecule has 0 saturated carbocycles. The van der Waals surface area contributed by atoms with Crippen LogP contribution in [0.2, 0.25) is 0 Å². The van der Waals surface area contributed by atoms with Crippen molar-refractivity contribution in [2.75, 3.05) is 11.6 Å². The van der Waals surface area contributed by atoms with E-state index in [0.717, 1.165) is 0 Å². The molecule has 0 aliphatic carbocycles. The van der Waals surface area contributed by atoms with Crippen LogP contribution in [0.4, 0.5) is 5.95 Å². The van der Waals surface area contributed by atoms with Gasteiger partial charge >= 0.3 is 0 Å². The third kappa shape index (κ3) is 1.17. The fourth-order valence-electron chi connectivity index (χ4n) is 0.940. The number of nitrogen functional groups attached to an aromatic ring is 2. The first kappa shape index (κ1) is 8.11. The van der Waals surface area contributed by atoms with Crippen LogP contribution in [0, 0.1) is 0 Å². The molecule has 2 heterocycles. The first-order valence-electron chi connectivity index (χ1n) is 3.39. The quantitative estimate of drug-likeness (QED) is 0.716. The zero-order valence-electron chi connectivity index (χ0n) is 6.44. The Labute approximate surface area is 81.6 Å². The van der Waals surface area contributed by atoms with Crippen LogP contribution >= 0.6 is 15.9 Å². The molecule has 0 amide bonds. The van der Waals surface area contributed by atoms with Crippen molar-refractivity contribution in [3.8, 4) is 11.4 Å². The summed E-state index contributed by atoms with van der Waals surface area (Å²) in [6.07, 6.45) is 1.52. The van der Waals surface area contributed by atoms with Crippen molar-refractivity contribution in [3.05, 3.63) is 17.0 Å². The summed E-state index contributed by atoms with van der Waals surface area (Å²) in [6, 6.07) is 1.72. The second-order valence-electron chi connectivity index (χ2n) is 2.36. The van der Waals surface area contributed by atoms with Gasteiger partial charge in [0.05, 0.1) is 11.8 Å². The third-order valence-electron chi connectivity index (χ3n) is 1.58. The molecule has 0 fully saturated rings. The fourth-order valence-corrected chi connectivity index (χ4v) is 1.36. The van der Waals surface area contributed by atoms with Gasteiger partial charge in [0, 0.05) is 0 Å². The third-order valence-corrected chi connectivity index (χ3v) is 2.20. The Hall–Kier alpha value is -1.50. The first-order chi connectivity index (χ1) is 6.20. The summed E-state index contributed by atoms with van der Waals surface area (Å²) in [4.78, 5) is 0. The van der Waals surface area contributed by atoms with E-state index >= 15 is 0 Å². The van der Waals surface area contributed by atoms with Crippen molar-refractivity contribution in [1.82, 2.24) is 14.9 Å². The van der Waals surface area contributed by atoms with E-state index in [1.54, 1.807) is 6.07 Å². The smallest absolute Gasteiger partial charge is 0.241 e. The van der Waals surface area contributed by atoms with Gasteiger partial charge < -0.3 is 16.0 Å². The molecule has 13 heavy (non-hydrogen) atoms. The Bertz CT molecular complexity index is 434. The number of anilines is 1. The maximum absolute atomic E-state index is 5.57. The second-order valence-corrected chi connectivity index (χ2v) is 3.08. The number of halogens is 1. The molecule has 7 heteroatoms. The molecular formula is C6H6BrN5O. The molecule has 2 rings (SSSR count). The van der Waals surface area contributed by atoms with Crippen LogP contribution in [-0.2, 0) is 0 Å². The second kappa shape index (κ2) is 2.77. The van der Waals surface area contributed by atoms with Crippen LogP contribution in [0.25, 0.3) is 11.4 Å². The molecule has 0 unspecified atom stereocenters. The van der Waals surface area contributed by atoms with Crippen LogP contribution in [-0.4, -0.2) is 14.9 Å². The Morgan fingerprint density at radius 2 is 2.23 bits per heavy atom. The number of hydrogen-bond donors (Lipinski definition) is 2. The predicted molar refractivity (Wildman–Crippen MR) is 50.0 cm³/mol. The SMILES string of the molecule is Nc1nnc(-c2ccoc2Br)n1N. The van der Waals surface area contributed by atoms with Crippen LogP contribution in [0.15, 0.2) is 21.4 Å². The average molecular weight is 244 g/mol. The van der Waals surface area contributed by atoms with Crippen LogP contribution < -0.4 is 11.6 Å². The normalized spacial score (nSPS) is 10.5. The molecule has 6 nitrogen and oxygen atoms in total. The van der Waals surface area contributed by atoms with E-state index < -0.39 is 0 Å². The van der Waals surface area contributed by atoms with Gasteiger partial charge in [-0.2, -0.15) is 0 Å². The van der Waals surface area contributed by atoms with Crippen molar-refractivity contribution in [2.45, 2.75) is 0 Å². The topological polar surface area (TPSA) is 95.9 Å². The number of nitrogens with two attached hydrogens (primary N) is 2. The summed E-state index contributed by atoms with van der Waals surface area (Å²) < 4.78 is 6.76. The summed E-state index contributed by atoms with van der Waals surface area (Å²) >= 11 is 3.20. The Morgan fingerprint density at radius 3 is 2.69 bits per heavy atom. The van der Waals surface area contributed by atoms with Gasteiger partial charge in [0.15, 0.2) is 10.5 Å². The molecule has 0 aliphatic rings. The summed E-state index contributed by atoms with van der Waals surface area (Å²) in [6.45, 7) is 0. The lowest BCUT2D eigenvalue weighted by atomic mass is 10.3. The van der Waals surface area contributed by atoms with E-state index in [9.17, 15) is 0 Å². The molecule has 0 bridgehead atoms. The van der Waals surface area contributed by atoms with E-state index in [0.29, 0.717) is 16.1 Å². The number of rotatable bonds is 1. The lowest BCUT2D eigenvalue weighted by molar-refractivity contribution is 0.542. The monoisotopic (exact) mass is 243 g/mol. The Balaban J connectivity index is 2.59. The van der Waals surface area contributed by atoms with Crippen LogP contribution in [0.5, 0.6) is 0 Å². The van der Waals surface area contributed by atoms with Crippen LogP contribution in [0.1, 0.15) is 0 Å². The first-order valence-corrected chi connectivity index (χ1v) is 4.19. The number of nitrogens with zero attached hydrogens (tertiary/aromatic N) is 3. The molecule has 0 saturated heterocycles. The molecular weight excluding hydrogens is 238 g/mol. The minimum Gasteiger partial charge on any atom is -0.457 e. The number of furan rings is 1. The molecule has 0 radical (unpaired) electrons. The lowest BCUT2D eigenvalue weighted by Gasteiger charge is -1.97. The highest BCUT2D eigenvalue weighted by atomic mass is 79.9. The molecule has 0 atom stereocenters. The Morgan fingerprint density at radius 1 is 1.46 bits per heavy atom. The minimum atomic E-state index is 0.156. The summed E-state index contributed by atoms with van der Waals surface area (Å²) in [5.74, 6) is 6.18.